The van der Waals surface area contributed by atoms with E-state index < -0.39 is 0 Å². The summed E-state index contributed by atoms with van der Waals surface area (Å²) in [5, 5.41) is 11.0. The van der Waals surface area contributed by atoms with Gasteiger partial charge in [-0.2, -0.15) is 0 Å². The number of ether oxygens (including phenoxy) is 1. The molecule has 0 bridgehead atoms. The van der Waals surface area contributed by atoms with Crippen molar-refractivity contribution in [2.24, 2.45) is 0 Å². The van der Waals surface area contributed by atoms with Crippen molar-refractivity contribution in [3.05, 3.63) is 11.8 Å². The van der Waals surface area contributed by atoms with Crippen LogP contribution in [-0.2, 0) is 17.9 Å². The molecule has 86 valence electrons. The van der Waals surface area contributed by atoms with E-state index in [1.165, 1.54) is 0 Å². The topological polar surface area (TPSA) is 60.2 Å². The van der Waals surface area contributed by atoms with E-state index in [0.717, 1.165) is 13.0 Å². The van der Waals surface area contributed by atoms with Gasteiger partial charge in [-0.25, -0.2) is 0 Å². The fourth-order valence-corrected chi connectivity index (χ4v) is 1.01. The molecule has 15 heavy (non-hydrogen) atoms. The Hall–Kier alpha value is -0.940. The lowest BCUT2D eigenvalue weighted by atomic mass is 10.4. The van der Waals surface area contributed by atoms with E-state index in [1.807, 2.05) is 0 Å². The summed E-state index contributed by atoms with van der Waals surface area (Å²) >= 11 is 0. The molecule has 1 heterocycles. The Morgan fingerprint density at radius 2 is 2.07 bits per heavy atom. The number of hydrogen-bond acceptors (Lipinski definition) is 5. The molecule has 5 heteroatoms. The number of rotatable bonds is 7. The molecule has 1 aromatic heterocycles. The summed E-state index contributed by atoms with van der Waals surface area (Å²) in [6.07, 6.45) is 0.996. The molecular weight excluding hydrogens is 194 g/mol. The third-order valence-corrected chi connectivity index (χ3v) is 1.74. The molecule has 0 aliphatic rings. The predicted molar refractivity (Wildman–Crippen MR) is 56.2 cm³/mol. The predicted octanol–water partition coefficient (Wildman–Crippen LogP) is 1.49. The zero-order valence-electron chi connectivity index (χ0n) is 9.62. The van der Waals surface area contributed by atoms with Gasteiger partial charge in [0, 0.05) is 12.6 Å². The van der Waals surface area contributed by atoms with E-state index in [-0.39, 0.29) is 0 Å². The number of hydrogen-bond donors (Lipinski definition) is 1. The van der Waals surface area contributed by atoms with Crippen LogP contribution in [0, 0.1) is 0 Å². The van der Waals surface area contributed by atoms with Crippen molar-refractivity contribution >= 4 is 0 Å². The second kappa shape index (κ2) is 6.53. The highest BCUT2D eigenvalue weighted by atomic mass is 16.5. The normalized spacial score (nSPS) is 11.2. The fourth-order valence-electron chi connectivity index (χ4n) is 1.01. The fraction of sp³-hybridized carbons (Fsp3) is 0.800. The maximum absolute atomic E-state index is 5.37. The van der Waals surface area contributed by atoms with E-state index in [9.17, 15) is 0 Å². The minimum atomic E-state index is 0.405. The zero-order valence-corrected chi connectivity index (χ0v) is 9.62. The van der Waals surface area contributed by atoms with Gasteiger partial charge in [0.1, 0.15) is 6.61 Å². The van der Waals surface area contributed by atoms with Crippen molar-refractivity contribution in [1.82, 2.24) is 15.5 Å². The van der Waals surface area contributed by atoms with E-state index in [2.05, 4.69) is 36.3 Å². The Kier molecular flexibility index (Phi) is 5.28. The smallest absolute Gasteiger partial charge is 0.242 e. The van der Waals surface area contributed by atoms with Gasteiger partial charge in [-0.1, -0.05) is 20.8 Å². The molecule has 1 rings (SSSR count). The molecule has 0 unspecified atom stereocenters. The molecule has 0 amide bonds. The number of nitrogens with zero attached hydrogens (tertiary/aromatic N) is 2. The average molecular weight is 213 g/mol. The highest BCUT2D eigenvalue weighted by Crippen LogP contribution is 2.01. The van der Waals surface area contributed by atoms with Crippen LogP contribution in [0.25, 0.3) is 0 Å². The molecule has 0 aromatic carbocycles. The molecule has 0 saturated heterocycles. The lowest BCUT2D eigenvalue weighted by Gasteiger charge is -2.03. The summed E-state index contributed by atoms with van der Waals surface area (Å²) in [6, 6.07) is 0.414. The van der Waals surface area contributed by atoms with Crippen molar-refractivity contribution in [2.75, 3.05) is 6.61 Å². The summed E-state index contributed by atoms with van der Waals surface area (Å²) in [7, 11) is 0. The first-order chi connectivity index (χ1) is 7.22. The molecule has 1 N–H and O–H groups in total. The van der Waals surface area contributed by atoms with E-state index >= 15 is 0 Å². The molecule has 5 nitrogen and oxygen atoms in total. The van der Waals surface area contributed by atoms with Crippen LogP contribution in [0.5, 0.6) is 0 Å². The van der Waals surface area contributed by atoms with Crippen LogP contribution in [0.2, 0.25) is 0 Å². The standard InChI is InChI=1S/C10H19N3O2/c1-4-5-14-7-10-13-12-9(15-10)6-11-8(2)3/h8,11H,4-7H2,1-3H3. The molecule has 0 aliphatic carbocycles. The molecular formula is C10H19N3O2. The van der Waals surface area contributed by atoms with E-state index in [4.69, 9.17) is 9.15 Å². The summed E-state index contributed by atoms with van der Waals surface area (Å²) in [4.78, 5) is 0. The van der Waals surface area contributed by atoms with Crippen molar-refractivity contribution in [3.8, 4) is 0 Å². The molecule has 0 atom stereocenters. The Balaban J connectivity index is 2.29. The molecule has 0 aliphatic heterocycles. The summed E-state index contributed by atoms with van der Waals surface area (Å²) in [5.74, 6) is 1.16. The third-order valence-electron chi connectivity index (χ3n) is 1.74. The van der Waals surface area contributed by atoms with Crippen molar-refractivity contribution in [1.29, 1.82) is 0 Å². The number of nitrogens with one attached hydrogen (secondary N) is 1. The van der Waals surface area contributed by atoms with E-state index in [1.54, 1.807) is 0 Å². The summed E-state index contributed by atoms with van der Waals surface area (Å²) in [6.45, 7) is 7.94. The minimum Gasteiger partial charge on any atom is -0.421 e. The van der Waals surface area contributed by atoms with Gasteiger partial charge >= 0.3 is 0 Å². The molecule has 0 fully saturated rings. The van der Waals surface area contributed by atoms with Crippen molar-refractivity contribution < 1.29 is 9.15 Å². The van der Waals surface area contributed by atoms with Crippen LogP contribution in [-0.4, -0.2) is 22.8 Å². The quantitative estimate of drug-likeness (QED) is 0.695. The average Bonchev–Trinajstić information content (AvgIpc) is 2.63. The first kappa shape index (κ1) is 12.1. The van der Waals surface area contributed by atoms with Crippen LogP contribution >= 0.6 is 0 Å². The monoisotopic (exact) mass is 213 g/mol. The highest BCUT2D eigenvalue weighted by molar-refractivity contribution is 4.80. The van der Waals surface area contributed by atoms with Gasteiger partial charge in [0.15, 0.2) is 0 Å². The van der Waals surface area contributed by atoms with Gasteiger partial charge in [-0.05, 0) is 6.42 Å². The van der Waals surface area contributed by atoms with Crippen LogP contribution in [0.3, 0.4) is 0 Å². The van der Waals surface area contributed by atoms with Crippen LogP contribution < -0.4 is 5.32 Å². The molecule has 0 radical (unpaired) electrons. The first-order valence-corrected chi connectivity index (χ1v) is 5.34. The maximum atomic E-state index is 5.37. The highest BCUT2D eigenvalue weighted by Gasteiger charge is 2.05. The van der Waals surface area contributed by atoms with Crippen molar-refractivity contribution in [2.45, 2.75) is 46.4 Å². The first-order valence-electron chi connectivity index (χ1n) is 5.34. The Labute approximate surface area is 90.2 Å². The maximum Gasteiger partial charge on any atom is 0.242 e. The molecule has 0 saturated carbocycles. The number of aromatic nitrogens is 2. The largest absolute Gasteiger partial charge is 0.421 e. The van der Waals surface area contributed by atoms with Crippen LogP contribution in [0.15, 0.2) is 4.42 Å². The van der Waals surface area contributed by atoms with Gasteiger partial charge in [0.25, 0.3) is 0 Å². The Morgan fingerprint density at radius 1 is 1.33 bits per heavy atom. The third kappa shape index (κ3) is 4.90. The lowest BCUT2D eigenvalue weighted by Crippen LogP contribution is -2.21. The second-order valence-electron chi connectivity index (χ2n) is 3.68. The van der Waals surface area contributed by atoms with Crippen LogP contribution in [0.4, 0.5) is 0 Å². The molecule has 1 aromatic rings. The second-order valence-corrected chi connectivity index (χ2v) is 3.68. The minimum absolute atomic E-state index is 0.405. The van der Waals surface area contributed by atoms with Gasteiger partial charge < -0.3 is 14.5 Å². The summed E-state index contributed by atoms with van der Waals surface area (Å²) in [5.41, 5.74) is 0. The Morgan fingerprint density at radius 3 is 2.73 bits per heavy atom. The van der Waals surface area contributed by atoms with Gasteiger partial charge in [-0.15, -0.1) is 10.2 Å². The Bertz CT molecular complexity index is 273. The SMILES string of the molecule is CCCOCc1nnc(CNC(C)C)o1. The van der Waals surface area contributed by atoms with Gasteiger partial charge in [0.05, 0.1) is 6.54 Å². The zero-order chi connectivity index (χ0) is 11.1. The molecule has 0 spiro atoms. The van der Waals surface area contributed by atoms with Gasteiger partial charge in [-0.3, -0.25) is 0 Å². The lowest BCUT2D eigenvalue weighted by molar-refractivity contribution is 0.102. The summed E-state index contributed by atoms with van der Waals surface area (Å²) < 4.78 is 10.7. The van der Waals surface area contributed by atoms with E-state index in [0.29, 0.717) is 31.0 Å². The van der Waals surface area contributed by atoms with Crippen LogP contribution in [0.1, 0.15) is 39.0 Å². The van der Waals surface area contributed by atoms with Crippen molar-refractivity contribution in [3.63, 3.8) is 0 Å². The van der Waals surface area contributed by atoms with Gasteiger partial charge in [0.2, 0.25) is 11.8 Å².